The normalized spacial score (nSPS) is 15.7. The highest BCUT2D eigenvalue weighted by Gasteiger charge is 2.32. The first-order valence-corrected chi connectivity index (χ1v) is 10.6. The van der Waals surface area contributed by atoms with E-state index in [4.69, 9.17) is 21.0 Å². The van der Waals surface area contributed by atoms with E-state index in [0.717, 1.165) is 0 Å². The topological polar surface area (TPSA) is 149 Å². The molecule has 3 rings (SSSR count). The van der Waals surface area contributed by atoms with Crippen LogP contribution in [-0.4, -0.2) is 49.5 Å². The van der Waals surface area contributed by atoms with Crippen LogP contribution in [0, 0.1) is 5.82 Å². The van der Waals surface area contributed by atoms with Crippen molar-refractivity contribution >= 4 is 29.5 Å². The van der Waals surface area contributed by atoms with Gasteiger partial charge in [0.15, 0.2) is 5.84 Å². The number of carbonyl (C=O) groups excluding carboxylic acids is 3. The maximum atomic E-state index is 14.9. The maximum absolute atomic E-state index is 14.9. The molecule has 180 valence electrons. The molecule has 0 bridgehead atoms. The van der Waals surface area contributed by atoms with E-state index in [-0.39, 0.29) is 31.3 Å². The van der Waals surface area contributed by atoms with Crippen LogP contribution >= 0.6 is 0 Å². The highest BCUT2D eigenvalue weighted by Crippen LogP contribution is 2.29. The van der Waals surface area contributed by atoms with Gasteiger partial charge in [-0.15, -0.1) is 0 Å². The summed E-state index contributed by atoms with van der Waals surface area (Å²) in [4.78, 5) is 40.8. The van der Waals surface area contributed by atoms with Crippen LogP contribution in [0.5, 0.6) is 0 Å². The minimum atomic E-state index is -0.606. The van der Waals surface area contributed by atoms with Crippen LogP contribution in [0.2, 0.25) is 0 Å². The van der Waals surface area contributed by atoms with Crippen molar-refractivity contribution < 1.29 is 28.3 Å². The van der Waals surface area contributed by atoms with Gasteiger partial charge in [-0.25, -0.2) is 14.0 Å². The monoisotopic (exact) mass is 471 g/mol. The minimum absolute atomic E-state index is 0.00447. The zero-order valence-corrected chi connectivity index (χ0v) is 18.6. The average Bonchev–Trinajstić information content (AvgIpc) is 3.20. The van der Waals surface area contributed by atoms with Gasteiger partial charge in [-0.05, 0) is 36.7 Å². The number of carbonyl (C=O) groups is 3. The molecule has 1 heterocycles. The second-order valence-electron chi connectivity index (χ2n) is 7.63. The molecule has 1 aliphatic heterocycles. The summed E-state index contributed by atoms with van der Waals surface area (Å²) in [5.74, 6) is -1.29. The lowest BCUT2D eigenvalue weighted by molar-refractivity contribution is -0.143. The first-order valence-electron chi connectivity index (χ1n) is 10.6. The molecule has 0 radical (unpaired) electrons. The summed E-state index contributed by atoms with van der Waals surface area (Å²) in [6.45, 7) is 2.12. The predicted octanol–water partition coefficient (Wildman–Crippen LogP) is 1.86. The second-order valence-corrected chi connectivity index (χ2v) is 7.63. The smallest absolute Gasteiger partial charge is 0.414 e. The van der Waals surface area contributed by atoms with E-state index in [2.05, 4.69) is 10.5 Å². The number of hydrogen-bond donors (Lipinski definition) is 3. The van der Waals surface area contributed by atoms with Crippen molar-refractivity contribution in [3.63, 3.8) is 0 Å². The standard InChI is InChI=1S/C23H26FN5O5/c1-14(30)27-12-18-13-29(23(32)33-18)17-8-9-19(20(24)11-17)15-4-6-16(7-5-15)22(26)28-34-21(31)3-2-10-25/h4-9,11,18H,2-3,10,12-13,25H2,1H3,(H2,26,28)(H,27,30)/t18-/m0/s1. The van der Waals surface area contributed by atoms with Gasteiger partial charge in [-0.3, -0.25) is 9.69 Å². The highest BCUT2D eigenvalue weighted by molar-refractivity contribution is 5.98. The largest absolute Gasteiger partial charge is 0.442 e. The molecule has 0 saturated carbocycles. The molecule has 1 atom stereocenters. The van der Waals surface area contributed by atoms with Gasteiger partial charge in [0.2, 0.25) is 5.91 Å². The summed E-state index contributed by atoms with van der Waals surface area (Å²) >= 11 is 0. The van der Waals surface area contributed by atoms with Gasteiger partial charge < -0.3 is 26.4 Å². The molecular weight excluding hydrogens is 445 g/mol. The van der Waals surface area contributed by atoms with Gasteiger partial charge in [-0.1, -0.05) is 29.4 Å². The molecule has 1 aliphatic rings. The summed E-state index contributed by atoms with van der Waals surface area (Å²) in [6.07, 6.45) is -0.486. The molecule has 2 aromatic rings. The fourth-order valence-electron chi connectivity index (χ4n) is 3.27. The zero-order valence-electron chi connectivity index (χ0n) is 18.6. The number of rotatable bonds is 9. The van der Waals surface area contributed by atoms with Crippen LogP contribution in [0.1, 0.15) is 25.3 Å². The second kappa shape index (κ2) is 11.2. The number of oxime groups is 1. The number of ether oxygens (including phenoxy) is 1. The van der Waals surface area contributed by atoms with Gasteiger partial charge in [0, 0.05) is 24.5 Å². The number of anilines is 1. The van der Waals surface area contributed by atoms with Crippen molar-refractivity contribution in [1.29, 1.82) is 0 Å². The molecule has 10 nitrogen and oxygen atoms in total. The minimum Gasteiger partial charge on any atom is -0.442 e. The maximum Gasteiger partial charge on any atom is 0.414 e. The Labute approximate surface area is 195 Å². The summed E-state index contributed by atoms with van der Waals surface area (Å²) in [5.41, 5.74) is 12.9. The highest BCUT2D eigenvalue weighted by atomic mass is 19.1. The molecule has 2 amide bonds. The lowest BCUT2D eigenvalue weighted by Crippen LogP contribution is -2.33. The van der Waals surface area contributed by atoms with E-state index in [1.54, 1.807) is 36.4 Å². The molecule has 34 heavy (non-hydrogen) atoms. The number of halogens is 1. The number of nitrogens with zero attached hydrogens (tertiary/aromatic N) is 2. The molecule has 5 N–H and O–H groups in total. The number of nitrogens with two attached hydrogens (primary N) is 2. The van der Waals surface area contributed by atoms with E-state index in [9.17, 15) is 18.8 Å². The lowest BCUT2D eigenvalue weighted by Gasteiger charge is -2.14. The van der Waals surface area contributed by atoms with Crippen LogP contribution in [-0.2, 0) is 19.2 Å². The lowest BCUT2D eigenvalue weighted by atomic mass is 10.0. The number of benzene rings is 2. The van der Waals surface area contributed by atoms with Gasteiger partial charge >= 0.3 is 12.1 Å². The van der Waals surface area contributed by atoms with Crippen LogP contribution in [0.15, 0.2) is 47.6 Å². The van der Waals surface area contributed by atoms with Crippen molar-refractivity contribution in [3.8, 4) is 11.1 Å². The Kier molecular flexibility index (Phi) is 8.14. The van der Waals surface area contributed by atoms with Crippen LogP contribution < -0.4 is 21.7 Å². The fourth-order valence-corrected chi connectivity index (χ4v) is 3.27. The van der Waals surface area contributed by atoms with Crippen LogP contribution in [0.3, 0.4) is 0 Å². The van der Waals surface area contributed by atoms with E-state index in [1.165, 1.54) is 17.9 Å². The van der Waals surface area contributed by atoms with E-state index in [0.29, 0.717) is 35.3 Å². The van der Waals surface area contributed by atoms with Crippen molar-refractivity contribution in [2.75, 3.05) is 24.5 Å². The summed E-state index contributed by atoms with van der Waals surface area (Å²) < 4.78 is 20.1. The van der Waals surface area contributed by atoms with Gasteiger partial charge in [0.1, 0.15) is 11.9 Å². The van der Waals surface area contributed by atoms with Gasteiger partial charge in [-0.2, -0.15) is 0 Å². The third-order valence-electron chi connectivity index (χ3n) is 5.04. The number of hydrogen-bond acceptors (Lipinski definition) is 7. The fraction of sp³-hybridized carbons (Fsp3) is 0.304. The molecule has 0 aromatic heterocycles. The molecule has 0 aliphatic carbocycles. The van der Waals surface area contributed by atoms with Crippen molar-refractivity contribution in [2.24, 2.45) is 16.6 Å². The third-order valence-corrected chi connectivity index (χ3v) is 5.04. The third kappa shape index (κ3) is 6.29. The zero-order chi connectivity index (χ0) is 24.7. The van der Waals surface area contributed by atoms with Crippen molar-refractivity contribution in [3.05, 3.63) is 53.8 Å². The molecule has 1 fully saturated rings. The Morgan fingerprint density at radius 3 is 2.65 bits per heavy atom. The van der Waals surface area contributed by atoms with Gasteiger partial charge in [0.05, 0.1) is 18.8 Å². The van der Waals surface area contributed by atoms with E-state index in [1.807, 2.05) is 0 Å². The first-order chi connectivity index (χ1) is 16.3. The number of nitrogens with one attached hydrogen (secondary N) is 1. The summed E-state index contributed by atoms with van der Waals surface area (Å²) in [6, 6.07) is 11.0. The molecule has 1 saturated heterocycles. The predicted molar refractivity (Wildman–Crippen MR) is 123 cm³/mol. The Bertz CT molecular complexity index is 1090. The molecule has 2 aromatic carbocycles. The number of amidine groups is 1. The van der Waals surface area contributed by atoms with Crippen molar-refractivity contribution in [1.82, 2.24) is 5.32 Å². The average molecular weight is 471 g/mol. The molecule has 0 unspecified atom stereocenters. The van der Waals surface area contributed by atoms with Crippen LogP contribution in [0.4, 0.5) is 14.9 Å². The molecular formula is C23H26FN5O5. The quantitative estimate of drug-likeness (QED) is 0.219. The summed E-state index contributed by atoms with van der Waals surface area (Å²) in [5, 5.41) is 6.21. The molecule has 11 heteroatoms. The Morgan fingerprint density at radius 2 is 2.00 bits per heavy atom. The Morgan fingerprint density at radius 1 is 1.26 bits per heavy atom. The molecule has 0 spiro atoms. The summed E-state index contributed by atoms with van der Waals surface area (Å²) in [7, 11) is 0. The van der Waals surface area contributed by atoms with Crippen molar-refractivity contribution in [2.45, 2.75) is 25.9 Å². The number of cyclic esters (lactones) is 1. The SMILES string of the molecule is CC(=O)NC[C@H]1CN(c2ccc(-c3ccc(/C(N)=N/OC(=O)CCCN)cc3)c(F)c2)C(=O)O1. The van der Waals surface area contributed by atoms with E-state index < -0.39 is 24.0 Å². The Balaban J connectivity index is 1.67. The van der Waals surface area contributed by atoms with Crippen LogP contribution in [0.25, 0.3) is 11.1 Å². The number of amides is 2. The first kappa shape index (κ1) is 24.6. The Hall–Kier alpha value is -3.99. The van der Waals surface area contributed by atoms with E-state index >= 15 is 0 Å². The van der Waals surface area contributed by atoms with Gasteiger partial charge in [0.25, 0.3) is 0 Å².